The molecule has 0 spiro atoms. The van der Waals surface area contributed by atoms with Gasteiger partial charge in [-0.25, -0.2) is 9.59 Å². The van der Waals surface area contributed by atoms with Gasteiger partial charge in [0.05, 0.1) is 0 Å². The van der Waals surface area contributed by atoms with E-state index in [4.69, 9.17) is 9.15 Å². The molecule has 110 valence electrons. The van der Waals surface area contributed by atoms with Gasteiger partial charge in [0.1, 0.15) is 12.2 Å². The first kappa shape index (κ1) is 14.1. The Balaban J connectivity index is 2.19. The second-order valence-electron chi connectivity index (χ2n) is 5.11. The molecule has 1 aromatic heterocycles. The first-order valence-electron chi connectivity index (χ1n) is 6.83. The molecule has 0 aliphatic carbocycles. The molecule has 0 radical (unpaired) electrons. The van der Waals surface area contributed by atoms with E-state index in [0.29, 0.717) is 16.7 Å². The number of fused-ring (bicyclic) bond motifs is 3. The molecule has 4 heteroatoms. The molecular weight excluding hydrogens is 280 g/mol. The van der Waals surface area contributed by atoms with Crippen LogP contribution in [0.4, 0.5) is 0 Å². The van der Waals surface area contributed by atoms with E-state index in [1.54, 1.807) is 13.0 Å². The van der Waals surface area contributed by atoms with Crippen LogP contribution in [-0.4, -0.2) is 5.97 Å². The molecule has 0 saturated carbocycles. The lowest BCUT2D eigenvalue weighted by Crippen LogP contribution is -2.08. The van der Waals surface area contributed by atoms with Crippen LogP contribution in [-0.2, 0) is 16.1 Å². The third kappa shape index (κ3) is 2.51. The first-order chi connectivity index (χ1) is 10.6. The lowest BCUT2D eigenvalue weighted by atomic mass is 10.0. The maximum Gasteiger partial charge on any atom is 0.336 e. The lowest BCUT2D eigenvalue weighted by molar-refractivity contribution is -0.140. The molecule has 22 heavy (non-hydrogen) atoms. The van der Waals surface area contributed by atoms with Crippen LogP contribution >= 0.6 is 0 Å². The molecule has 0 aliphatic rings. The summed E-state index contributed by atoms with van der Waals surface area (Å²) in [6, 6.07) is 12.8. The van der Waals surface area contributed by atoms with Crippen molar-refractivity contribution in [3.8, 4) is 0 Å². The second-order valence-corrected chi connectivity index (χ2v) is 5.11. The van der Waals surface area contributed by atoms with E-state index in [9.17, 15) is 9.59 Å². The number of esters is 1. The van der Waals surface area contributed by atoms with E-state index in [1.165, 1.54) is 6.07 Å². The topological polar surface area (TPSA) is 56.5 Å². The predicted octanol–water partition coefficient (Wildman–Crippen LogP) is 3.57. The Hall–Kier alpha value is -2.88. The van der Waals surface area contributed by atoms with Gasteiger partial charge in [-0.2, -0.15) is 0 Å². The third-order valence-electron chi connectivity index (χ3n) is 3.42. The average Bonchev–Trinajstić information content (AvgIpc) is 2.51. The maximum atomic E-state index is 11.7. The maximum absolute atomic E-state index is 11.7. The van der Waals surface area contributed by atoms with E-state index in [0.717, 1.165) is 16.2 Å². The van der Waals surface area contributed by atoms with Crippen LogP contribution in [0, 0.1) is 0 Å². The minimum Gasteiger partial charge on any atom is -0.457 e. The van der Waals surface area contributed by atoms with Gasteiger partial charge in [0.15, 0.2) is 0 Å². The van der Waals surface area contributed by atoms with Gasteiger partial charge in [-0.1, -0.05) is 36.9 Å². The van der Waals surface area contributed by atoms with Crippen LogP contribution in [0.25, 0.3) is 21.7 Å². The van der Waals surface area contributed by atoms with Crippen molar-refractivity contribution in [2.45, 2.75) is 13.5 Å². The summed E-state index contributed by atoms with van der Waals surface area (Å²) in [6.45, 7) is 5.12. The number of hydrogen-bond donors (Lipinski definition) is 0. The molecule has 1 heterocycles. The molecule has 0 bridgehead atoms. The second kappa shape index (κ2) is 5.48. The number of carbonyl (C=O) groups is 1. The van der Waals surface area contributed by atoms with Crippen molar-refractivity contribution in [1.29, 1.82) is 0 Å². The molecule has 0 aliphatic heterocycles. The summed E-state index contributed by atoms with van der Waals surface area (Å²) in [5.74, 6) is -0.485. The molecule has 2 aromatic carbocycles. The Kier molecular flexibility index (Phi) is 3.51. The van der Waals surface area contributed by atoms with E-state index in [-0.39, 0.29) is 6.61 Å². The standard InChI is InChI=1S/C18H14O4/c1-11(2)18(20)21-10-13-9-16(19)22-15-8-7-12-5-3-4-6-14(12)17(13)15/h3-9H,1,10H2,2H3. The van der Waals surface area contributed by atoms with Gasteiger partial charge in [-0.15, -0.1) is 0 Å². The Labute approximate surface area is 126 Å². The minimum atomic E-state index is -0.485. The van der Waals surface area contributed by atoms with Gasteiger partial charge in [-0.3, -0.25) is 0 Å². The summed E-state index contributed by atoms with van der Waals surface area (Å²) in [7, 11) is 0. The molecule has 4 nitrogen and oxygen atoms in total. The molecule has 3 rings (SSSR count). The zero-order chi connectivity index (χ0) is 15.7. The fourth-order valence-electron chi connectivity index (χ4n) is 2.40. The van der Waals surface area contributed by atoms with Gasteiger partial charge in [0, 0.05) is 22.6 Å². The smallest absolute Gasteiger partial charge is 0.336 e. The number of benzene rings is 2. The van der Waals surface area contributed by atoms with Gasteiger partial charge in [0.2, 0.25) is 0 Å². The van der Waals surface area contributed by atoms with Crippen LogP contribution in [0.3, 0.4) is 0 Å². The molecular formula is C18H14O4. The fourth-order valence-corrected chi connectivity index (χ4v) is 2.40. The third-order valence-corrected chi connectivity index (χ3v) is 3.42. The highest BCUT2D eigenvalue weighted by Crippen LogP contribution is 2.27. The summed E-state index contributed by atoms with van der Waals surface area (Å²) < 4.78 is 10.4. The van der Waals surface area contributed by atoms with E-state index in [2.05, 4.69) is 6.58 Å². The number of ether oxygens (including phenoxy) is 1. The van der Waals surface area contributed by atoms with Gasteiger partial charge < -0.3 is 9.15 Å². The lowest BCUT2D eigenvalue weighted by Gasteiger charge is -2.09. The van der Waals surface area contributed by atoms with Gasteiger partial charge in [-0.05, 0) is 23.8 Å². The Morgan fingerprint density at radius 3 is 2.77 bits per heavy atom. The SMILES string of the molecule is C=C(C)C(=O)OCc1cc(=O)oc2ccc3ccccc3c12. The van der Waals surface area contributed by atoms with E-state index >= 15 is 0 Å². The zero-order valence-corrected chi connectivity index (χ0v) is 12.1. The van der Waals surface area contributed by atoms with Crippen LogP contribution in [0.5, 0.6) is 0 Å². The van der Waals surface area contributed by atoms with Crippen molar-refractivity contribution in [3.05, 3.63) is 70.6 Å². The molecule has 0 unspecified atom stereocenters. The largest absolute Gasteiger partial charge is 0.457 e. The quantitative estimate of drug-likeness (QED) is 0.321. The van der Waals surface area contributed by atoms with Gasteiger partial charge in [0.25, 0.3) is 0 Å². The summed E-state index contributed by atoms with van der Waals surface area (Å²) in [4.78, 5) is 23.3. The zero-order valence-electron chi connectivity index (χ0n) is 12.1. The van der Waals surface area contributed by atoms with Gasteiger partial charge >= 0.3 is 11.6 Å². The van der Waals surface area contributed by atoms with Crippen LogP contribution in [0.2, 0.25) is 0 Å². The van der Waals surface area contributed by atoms with Crippen LogP contribution in [0.15, 0.2) is 63.8 Å². The van der Waals surface area contributed by atoms with Crippen LogP contribution < -0.4 is 5.63 Å². The summed E-state index contributed by atoms with van der Waals surface area (Å²) >= 11 is 0. The summed E-state index contributed by atoms with van der Waals surface area (Å²) in [6.07, 6.45) is 0. The van der Waals surface area contributed by atoms with Crippen molar-refractivity contribution >= 4 is 27.7 Å². The highest BCUT2D eigenvalue weighted by Gasteiger charge is 2.12. The molecule has 0 atom stereocenters. The number of carbonyl (C=O) groups excluding carboxylic acids is 1. The number of hydrogen-bond acceptors (Lipinski definition) is 4. The minimum absolute atomic E-state index is 0.00179. The molecule has 0 saturated heterocycles. The van der Waals surface area contributed by atoms with E-state index < -0.39 is 11.6 Å². The summed E-state index contributed by atoms with van der Waals surface area (Å²) in [5.41, 5.74) is 0.950. The molecule has 0 N–H and O–H groups in total. The van der Waals surface area contributed by atoms with Crippen molar-refractivity contribution < 1.29 is 13.9 Å². The predicted molar refractivity (Wildman–Crippen MR) is 84.6 cm³/mol. The van der Waals surface area contributed by atoms with E-state index in [1.807, 2.05) is 30.3 Å². The Morgan fingerprint density at radius 1 is 1.23 bits per heavy atom. The average molecular weight is 294 g/mol. The molecule has 0 fully saturated rings. The van der Waals surface area contributed by atoms with Crippen molar-refractivity contribution in [2.75, 3.05) is 0 Å². The monoisotopic (exact) mass is 294 g/mol. The highest BCUT2D eigenvalue weighted by molar-refractivity contribution is 6.07. The van der Waals surface area contributed by atoms with Crippen molar-refractivity contribution in [1.82, 2.24) is 0 Å². The highest BCUT2D eigenvalue weighted by atomic mass is 16.5. The fraction of sp³-hybridized carbons (Fsp3) is 0.111. The van der Waals surface area contributed by atoms with Crippen molar-refractivity contribution in [2.24, 2.45) is 0 Å². The Bertz CT molecular complexity index is 950. The number of rotatable bonds is 3. The molecule has 3 aromatic rings. The first-order valence-corrected chi connectivity index (χ1v) is 6.83. The normalized spacial score (nSPS) is 10.8. The Morgan fingerprint density at radius 2 is 2.00 bits per heavy atom. The van der Waals surface area contributed by atoms with Crippen molar-refractivity contribution in [3.63, 3.8) is 0 Å². The summed E-state index contributed by atoms with van der Waals surface area (Å²) in [5, 5.41) is 2.76. The van der Waals surface area contributed by atoms with Crippen LogP contribution in [0.1, 0.15) is 12.5 Å². The molecule has 0 amide bonds.